The molecule has 0 spiro atoms. The van der Waals surface area contributed by atoms with Gasteiger partial charge in [0.2, 0.25) is 0 Å². The Kier molecular flexibility index (Phi) is 3.51. The van der Waals surface area contributed by atoms with Gasteiger partial charge in [-0.2, -0.15) is 0 Å². The Morgan fingerprint density at radius 1 is 1.47 bits per heavy atom. The quantitative estimate of drug-likeness (QED) is 0.762. The summed E-state index contributed by atoms with van der Waals surface area (Å²) in [6.45, 7) is 2.27. The minimum absolute atomic E-state index is 0.737. The van der Waals surface area contributed by atoms with Crippen LogP contribution in [0.4, 0.5) is 0 Å². The van der Waals surface area contributed by atoms with Crippen LogP contribution in [-0.4, -0.2) is 19.4 Å². The van der Waals surface area contributed by atoms with E-state index in [1.54, 1.807) is 0 Å². The van der Waals surface area contributed by atoms with Crippen LogP contribution >= 0.6 is 0 Å². The summed E-state index contributed by atoms with van der Waals surface area (Å²) in [6.07, 6.45) is 4.59. The van der Waals surface area contributed by atoms with E-state index in [0.29, 0.717) is 0 Å². The molecule has 1 unspecified atom stereocenters. The van der Waals surface area contributed by atoms with E-state index in [-0.39, 0.29) is 0 Å². The van der Waals surface area contributed by atoms with Crippen molar-refractivity contribution in [3.63, 3.8) is 0 Å². The summed E-state index contributed by atoms with van der Waals surface area (Å²) in [5.41, 5.74) is 2.07. The Hall–Kier alpha value is -1.15. The third kappa shape index (κ3) is 2.90. The molecule has 2 nitrogen and oxygen atoms in total. The molecule has 2 heteroatoms. The average Bonchev–Trinajstić information content (AvgIpc) is 2.31. The highest BCUT2D eigenvalue weighted by Gasteiger charge is 2.13. The van der Waals surface area contributed by atoms with Gasteiger partial charge in [-0.3, -0.25) is 4.79 Å². The molecule has 1 aliphatic heterocycles. The molecule has 0 aromatic heterocycles. The fourth-order valence-electron chi connectivity index (χ4n) is 2.22. The molecule has 0 amide bonds. The first-order chi connectivity index (χ1) is 7.38. The molecule has 2 rings (SSSR count). The molecule has 1 aromatic carbocycles. The van der Waals surface area contributed by atoms with Crippen molar-refractivity contribution in [1.29, 1.82) is 0 Å². The van der Waals surface area contributed by atoms with Crippen LogP contribution in [0.1, 0.15) is 28.8 Å². The second kappa shape index (κ2) is 5.08. The maximum atomic E-state index is 10.6. The van der Waals surface area contributed by atoms with Gasteiger partial charge >= 0.3 is 0 Å². The summed E-state index contributed by atoms with van der Waals surface area (Å²) in [5.74, 6) is 0.737. The molecule has 80 valence electrons. The van der Waals surface area contributed by atoms with Crippen molar-refractivity contribution >= 4 is 6.29 Å². The van der Waals surface area contributed by atoms with E-state index in [0.717, 1.165) is 37.3 Å². The number of hydrogen-bond acceptors (Lipinski definition) is 2. The minimum atomic E-state index is 0.737. The van der Waals surface area contributed by atoms with E-state index in [4.69, 9.17) is 0 Å². The first-order valence-electron chi connectivity index (χ1n) is 5.63. The second-order valence-corrected chi connectivity index (χ2v) is 4.28. The number of nitrogens with one attached hydrogen (secondary N) is 1. The third-order valence-corrected chi connectivity index (χ3v) is 3.01. The van der Waals surface area contributed by atoms with Gasteiger partial charge in [-0.05, 0) is 49.9 Å². The zero-order valence-corrected chi connectivity index (χ0v) is 8.91. The van der Waals surface area contributed by atoms with Crippen LogP contribution < -0.4 is 5.32 Å². The van der Waals surface area contributed by atoms with Gasteiger partial charge in [0.15, 0.2) is 0 Å². The summed E-state index contributed by atoms with van der Waals surface area (Å²) in [4.78, 5) is 10.6. The largest absolute Gasteiger partial charge is 0.316 e. The number of benzene rings is 1. The van der Waals surface area contributed by atoms with Crippen molar-refractivity contribution in [2.45, 2.75) is 19.3 Å². The van der Waals surface area contributed by atoms with Crippen LogP contribution in [0.2, 0.25) is 0 Å². The smallest absolute Gasteiger partial charge is 0.150 e. The lowest BCUT2D eigenvalue weighted by atomic mass is 9.92. The fraction of sp³-hybridized carbons (Fsp3) is 0.462. The van der Waals surface area contributed by atoms with E-state index in [9.17, 15) is 4.79 Å². The highest BCUT2D eigenvalue weighted by Crippen LogP contribution is 2.16. The van der Waals surface area contributed by atoms with E-state index in [2.05, 4.69) is 11.4 Å². The predicted molar refractivity (Wildman–Crippen MR) is 61.1 cm³/mol. The summed E-state index contributed by atoms with van der Waals surface area (Å²) in [6, 6.07) is 7.94. The van der Waals surface area contributed by atoms with Gasteiger partial charge in [0.05, 0.1) is 0 Å². The van der Waals surface area contributed by atoms with E-state index < -0.39 is 0 Å². The van der Waals surface area contributed by atoms with Crippen LogP contribution in [0.15, 0.2) is 24.3 Å². The Morgan fingerprint density at radius 3 is 3.13 bits per heavy atom. The van der Waals surface area contributed by atoms with Gasteiger partial charge < -0.3 is 5.32 Å². The van der Waals surface area contributed by atoms with Gasteiger partial charge in [-0.25, -0.2) is 0 Å². The fourth-order valence-corrected chi connectivity index (χ4v) is 2.22. The topological polar surface area (TPSA) is 29.1 Å². The summed E-state index contributed by atoms with van der Waals surface area (Å²) in [7, 11) is 0. The van der Waals surface area contributed by atoms with Crippen LogP contribution in [0.3, 0.4) is 0 Å². The van der Waals surface area contributed by atoms with Crippen LogP contribution in [0.5, 0.6) is 0 Å². The molecule has 0 bridgehead atoms. The Morgan fingerprint density at radius 2 is 2.40 bits per heavy atom. The molecular weight excluding hydrogens is 186 g/mol. The monoisotopic (exact) mass is 203 g/mol. The van der Waals surface area contributed by atoms with Gasteiger partial charge in [-0.1, -0.05) is 18.2 Å². The SMILES string of the molecule is O=Cc1cccc(CC2CCCNC2)c1. The second-order valence-electron chi connectivity index (χ2n) is 4.28. The predicted octanol–water partition coefficient (Wildman–Crippen LogP) is 2.04. The molecule has 1 fully saturated rings. The molecule has 15 heavy (non-hydrogen) atoms. The number of aldehydes is 1. The van der Waals surface area contributed by atoms with Gasteiger partial charge in [0.25, 0.3) is 0 Å². The number of piperidine rings is 1. The van der Waals surface area contributed by atoms with Gasteiger partial charge in [-0.15, -0.1) is 0 Å². The molecule has 1 N–H and O–H groups in total. The van der Waals surface area contributed by atoms with Crippen molar-refractivity contribution in [3.05, 3.63) is 35.4 Å². The first kappa shape index (κ1) is 10.4. The zero-order chi connectivity index (χ0) is 10.5. The molecule has 1 aliphatic rings. The third-order valence-electron chi connectivity index (χ3n) is 3.01. The zero-order valence-electron chi connectivity index (χ0n) is 8.91. The highest BCUT2D eigenvalue weighted by molar-refractivity contribution is 5.74. The maximum absolute atomic E-state index is 10.6. The normalized spacial score (nSPS) is 21.2. The summed E-state index contributed by atoms with van der Waals surface area (Å²) < 4.78 is 0. The van der Waals surface area contributed by atoms with E-state index >= 15 is 0 Å². The standard InChI is InChI=1S/C13H17NO/c15-10-13-4-1-3-11(8-13)7-12-5-2-6-14-9-12/h1,3-4,8,10,12,14H,2,5-7,9H2. The number of carbonyl (C=O) groups is 1. The van der Waals surface area contributed by atoms with E-state index in [1.165, 1.54) is 18.4 Å². The molecule has 0 radical (unpaired) electrons. The number of carbonyl (C=O) groups excluding carboxylic acids is 1. The minimum Gasteiger partial charge on any atom is -0.316 e. The van der Waals surface area contributed by atoms with Crippen molar-refractivity contribution in [1.82, 2.24) is 5.32 Å². The van der Waals surface area contributed by atoms with Crippen molar-refractivity contribution in [2.24, 2.45) is 5.92 Å². The number of rotatable bonds is 3. The Bertz CT molecular complexity index is 329. The van der Waals surface area contributed by atoms with Crippen molar-refractivity contribution < 1.29 is 4.79 Å². The molecule has 1 heterocycles. The highest BCUT2D eigenvalue weighted by atomic mass is 16.1. The molecule has 0 saturated carbocycles. The maximum Gasteiger partial charge on any atom is 0.150 e. The van der Waals surface area contributed by atoms with Crippen LogP contribution in [-0.2, 0) is 6.42 Å². The first-order valence-corrected chi connectivity index (χ1v) is 5.63. The molecule has 1 aromatic rings. The lowest BCUT2D eigenvalue weighted by Gasteiger charge is -2.22. The van der Waals surface area contributed by atoms with Gasteiger partial charge in [0.1, 0.15) is 6.29 Å². The van der Waals surface area contributed by atoms with Crippen LogP contribution in [0, 0.1) is 5.92 Å². The Labute approximate surface area is 90.7 Å². The molecule has 0 aliphatic carbocycles. The molecular formula is C13H17NO. The van der Waals surface area contributed by atoms with E-state index in [1.807, 2.05) is 18.2 Å². The lowest BCUT2D eigenvalue weighted by molar-refractivity contribution is 0.112. The lowest BCUT2D eigenvalue weighted by Crippen LogP contribution is -2.30. The van der Waals surface area contributed by atoms with Crippen LogP contribution in [0.25, 0.3) is 0 Å². The van der Waals surface area contributed by atoms with Crippen molar-refractivity contribution in [3.8, 4) is 0 Å². The van der Waals surface area contributed by atoms with Gasteiger partial charge in [0, 0.05) is 5.56 Å². The summed E-state index contributed by atoms with van der Waals surface area (Å²) in [5, 5.41) is 3.41. The van der Waals surface area contributed by atoms with Crippen molar-refractivity contribution in [2.75, 3.05) is 13.1 Å². The average molecular weight is 203 g/mol. The molecule has 1 atom stereocenters. The Balaban J connectivity index is 1.99. The number of hydrogen-bond donors (Lipinski definition) is 1. The molecule has 1 saturated heterocycles. The summed E-state index contributed by atoms with van der Waals surface area (Å²) >= 11 is 0.